The number of nitrogens with zero attached hydrogens (tertiary/aromatic N) is 6. The van der Waals surface area contributed by atoms with Crippen LogP contribution in [0.3, 0.4) is 0 Å². The van der Waals surface area contributed by atoms with Crippen molar-refractivity contribution in [3.8, 4) is 0 Å². The highest BCUT2D eigenvalue weighted by Gasteiger charge is 2.35. The second kappa shape index (κ2) is 6.40. The average Bonchev–Trinajstić information content (AvgIpc) is 3.27. The molecule has 0 saturated heterocycles. The summed E-state index contributed by atoms with van der Waals surface area (Å²) in [6.07, 6.45) is 5.41. The minimum atomic E-state index is -0.0925. The Morgan fingerprint density at radius 3 is 2.92 bits per heavy atom. The fraction of sp³-hybridized carbons (Fsp3) is 0.438. The van der Waals surface area contributed by atoms with Crippen molar-refractivity contribution in [3.63, 3.8) is 0 Å². The SMILES string of the molecule is Cc1nc(C(=O)NC2CC(c3nnc(Cn4cccn4)n3C)C2)cs1. The van der Waals surface area contributed by atoms with Crippen molar-refractivity contribution in [2.75, 3.05) is 0 Å². The summed E-state index contributed by atoms with van der Waals surface area (Å²) in [6.45, 7) is 2.50. The van der Waals surface area contributed by atoms with E-state index in [-0.39, 0.29) is 11.9 Å². The highest BCUT2D eigenvalue weighted by Crippen LogP contribution is 2.36. The van der Waals surface area contributed by atoms with Crippen molar-refractivity contribution in [2.24, 2.45) is 7.05 Å². The van der Waals surface area contributed by atoms with Gasteiger partial charge in [-0.2, -0.15) is 5.10 Å². The molecular weight excluding hydrogens is 338 g/mol. The van der Waals surface area contributed by atoms with Gasteiger partial charge >= 0.3 is 0 Å². The maximum absolute atomic E-state index is 12.1. The molecule has 3 aromatic rings. The zero-order valence-electron chi connectivity index (χ0n) is 14.1. The smallest absolute Gasteiger partial charge is 0.270 e. The van der Waals surface area contributed by atoms with E-state index in [9.17, 15) is 4.79 Å². The van der Waals surface area contributed by atoms with Crippen LogP contribution in [0.1, 0.15) is 45.9 Å². The number of rotatable bonds is 5. The first-order valence-electron chi connectivity index (χ1n) is 8.18. The number of nitrogens with one attached hydrogen (secondary N) is 1. The van der Waals surface area contributed by atoms with Crippen LogP contribution in [0, 0.1) is 6.92 Å². The Bertz CT molecular complexity index is 876. The van der Waals surface area contributed by atoms with Crippen molar-refractivity contribution in [2.45, 2.75) is 38.3 Å². The zero-order chi connectivity index (χ0) is 17.4. The number of thiazole rings is 1. The first kappa shape index (κ1) is 15.9. The number of aromatic nitrogens is 6. The van der Waals surface area contributed by atoms with Crippen LogP contribution < -0.4 is 5.32 Å². The van der Waals surface area contributed by atoms with E-state index in [4.69, 9.17) is 0 Å². The monoisotopic (exact) mass is 357 g/mol. The number of hydrogen-bond donors (Lipinski definition) is 1. The van der Waals surface area contributed by atoms with Gasteiger partial charge in [0.15, 0.2) is 5.82 Å². The third kappa shape index (κ3) is 3.19. The van der Waals surface area contributed by atoms with Crippen LogP contribution in [0.25, 0.3) is 0 Å². The fourth-order valence-corrected chi connectivity index (χ4v) is 3.67. The molecule has 1 aliphatic carbocycles. The van der Waals surface area contributed by atoms with E-state index in [2.05, 4.69) is 25.6 Å². The van der Waals surface area contributed by atoms with Crippen LogP contribution in [0.2, 0.25) is 0 Å². The van der Waals surface area contributed by atoms with Gasteiger partial charge < -0.3 is 9.88 Å². The summed E-state index contributed by atoms with van der Waals surface area (Å²) in [5.41, 5.74) is 0.506. The van der Waals surface area contributed by atoms with Gasteiger partial charge in [0.05, 0.1) is 5.01 Å². The van der Waals surface area contributed by atoms with Crippen molar-refractivity contribution >= 4 is 17.2 Å². The third-order valence-electron chi connectivity index (χ3n) is 4.55. The van der Waals surface area contributed by atoms with Gasteiger partial charge in [-0.05, 0) is 25.8 Å². The number of amides is 1. The minimum Gasteiger partial charge on any atom is -0.348 e. The zero-order valence-corrected chi connectivity index (χ0v) is 14.9. The van der Waals surface area contributed by atoms with E-state index in [1.54, 1.807) is 11.6 Å². The molecule has 1 saturated carbocycles. The van der Waals surface area contributed by atoms with E-state index in [0.29, 0.717) is 18.2 Å². The van der Waals surface area contributed by atoms with E-state index < -0.39 is 0 Å². The predicted molar refractivity (Wildman–Crippen MR) is 92.4 cm³/mol. The number of aryl methyl sites for hydroxylation is 1. The van der Waals surface area contributed by atoms with Crippen LogP contribution in [0.15, 0.2) is 23.8 Å². The highest BCUT2D eigenvalue weighted by molar-refractivity contribution is 7.09. The van der Waals surface area contributed by atoms with Gasteiger partial charge in [0.25, 0.3) is 5.91 Å². The quantitative estimate of drug-likeness (QED) is 0.747. The van der Waals surface area contributed by atoms with Crippen molar-refractivity contribution in [1.82, 2.24) is 34.8 Å². The lowest BCUT2D eigenvalue weighted by molar-refractivity contribution is 0.0902. The molecule has 1 amide bonds. The molecule has 130 valence electrons. The molecule has 3 aromatic heterocycles. The standard InChI is InChI=1S/C16H19N7OS/c1-10-18-13(9-25-10)16(24)19-12-6-11(7-12)15-21-20-14(22(15)2)8-23-5-3-4-17-23/h3-5,9,11-12H,6-8H2,1-2H3,(H,19,24). The van der Waals surface area contributed by atoms with E-state index in [1.165, 1.54) is 11.3 Å². The third-order valence-corrected chi connectivity index (χ3v) is 5.32. The molecule has 0 aromatic carbocycles. The molecule has 3 heterocycles. The molecule has 8 nitrogen and oxygen atoms in total. The Morgan fingerprint density at radius 2 is 2.24 bits per heavy atom. The average molecular weight is 357 g/mol. The summed E-state index contributed by atoms with van der Waals surface area (Å²) >= 11 is 1.49. The Labute approximate surface area is 148 Å². The van der Waals surface area contributed by atoms with Crippen molar-refractivity contribution in [3.05, 3.63) is 46.2 Å². The molecule has 4 rings (SSSR count). The normalized spacial score (nSPS) is 19.6. The summed E-state index contributed by atoms with van der Waals surface area (Å²) < 4.78 is 3.86. The van der Waals surface area contributed by atoms with E-state index in [0.717, 1.165) is 29.5 Å². The van der Waals surface area contributed by atoms with Gasteiger partial charge in [0, 0.05) is 36.8 Å². The van der Waals surface area contributed by atoms with E-state index in [1.807, 2.05) is 35.5 Å². The van der Waals surface area contributed by atoms with Crippen LogP contribution >= 0.6 is 11.3 Å². The lowest BCUT2D eigenvalue weighted by Crippen LogP contribution is -2.44. The molecule has 9 heteroatoms. The minimum absolute atomic E-state index is 0.0925. The summed E-state index contributed by atoms with van der Waals surface area (Å²) in [6, 6.07) is 2.06. The van der Waals surface area contributed by atoms with E-state index >= 15 is 0 Å². The van der Waals surface area contributed by atoms with Gasteiger partial charge in [0.2, 0.25) is 0 Å². The summed E-state index contributed by atoms with van der Waals surface area (Å²) in [7, 11) is 1.98. The summed E-state index contributed by atoms with van der Waals surface area (Å²) in [5.74, 6) is 2.08. The molecule has 0 bridgehead atoms. The molecular formula is C16H19N7OS. The molecule has 0 spiro atoms. The number of carbonyl (C=O) groups is 1. The van der Waals surface area contributed by atoms with Gasteiger partial charge in [-0.25, -0.2) is 4.98 Å². The van der Waals surface area contributed by atoms with Gasteiger partial charge in [-0.1, -0.05) is 0 Å². The molecule has 1 aliphatic rings. The Balaban J connectivity index is 1.34. The Kier molecular flexibility index (Phi) is 4.08. The Hall–Kier alpha value is -2.55. The van der Waals surface area contributed by atoms with Crippen molar-refractivity contribution < 1.29 is 4.79 Å². The van der Waals surface area contributed by atoms with Crippen molar-refractivity contribution in [1.29, 1.82) is 0 Å². The second-order valence-electron chi connectivity index (χ2n) is 6.33. The lowest BCUT2D eigenvalue weighted by atomic mass is 9.79. The summed E-state index contributed by atoms with van der Waals surface area (Å²) in [5, 5.41) is 18.6. The predicted octanol–water partition coefficient (Wildman–Crippen LogP) is 1.50. The lowest BCUT2D eigenvalue weighted by Gasteiger charge is -2.34. The molecule has 0 aliphatic heterocycles. The Morgan fingerprint density at radius 1 is 1.40 bits per heavy atom. The molecule has 1 N–H and O–H groups in total. The van der Waals surface area contributed by atoms with Crippen LogP contribution in [-0.4, -0.2) is 41.5 Å². The maximum atomic E-state index is 12.1. The molecule has 0 radical (unpaired) electrons. The van der Waals surface area contributed by atoms with Crippen LogP contribution in [0.5, 0.6) is 0 Å². The molecule has 0 unspecified atom stereocenters. The number of hydrogen-bond acceptors (Lipinski definition) is 6. The fourth-order valence-electron chi connectivity index (χ4n) is 3.08. The molecule has 25 heavy (non-hydrogen) atoms. The molecule has 1 fully saturated rings. The largest absolute Gasteiger partial charge is 0.348 e. The van der Waals surface area contributed by atoms with Gasteiger partial charge in [-0.15, -0.1) is 21.5 Å². The summed E-state index contributed by atoms with van der Waals surface area (Å²) in [4.78, 5) is 16.4. The first-order chi connectivity index (χ1) is 12.1. The van der Waals surface area contributed by atoms with Crippen LogP contribution in [0.4, 0.5) is 0 Å². The maximum Gasteiger partial charge on any atom is 0.270 e. The second-order valence-corrected chi connectivity index (χ2v) is 7.39. The van der Waals surface area contributed by atoms with Crippen LogP contribution in [-0.2, 0) is 13.6 Å². The van der Waals surface area contributed by atoms with Gasteiger partial charge in [-0.3, -0.25) is 9.48 Å². The highest BCUT2D eigenvalue weighted by atomic mass is 32.1. The topological polar surface area (TPSA) is 90.5 Å². The molecule has 0 atom stereocenters. The first-order valence-corrected chi connectivity index (χ1v) is 9.06. The number of carbonyl (C=O) groups excluding carboxylic acids is 1. The van der Waals surface area contributed by atoms with Gasteiger partial charge in [0.1, 0.15) is 18.1 Å².